The number of hydrogen-bond acceptors (Lipinski definition) is 9. The van der Waals surface area contributed by atoms with Crippen molar-refractivity contribution in [2.45, 2.75) is 79.2 Å². The molecular weight excluding hydrogens is 553 g/mol. The smallest absolute Gasteiger partial charge is 0.394 e. The zero-order valence-electron chi connectivity index (χ0n) is 25.7. The highest BCUT2D eigenvalue weighted by Gasteiger charge is 2.37. The van der Waals surface area contributed by atoms with Gasteiger partial charge in [-0.2, -0.15) is 0 Å². The van der Waals surface area contributed by atoms with Gasteiger partial charge in [-0.3, -0.25) is 9.80 Å². The van der Waals surface area contributed by atoms with Crippen molar-refractivity contribution in [1.29, 1.82) is 0 Å². The summed E-state index contributed by atoms with van der Waals surface area (Å²) in [5.41, 5.74) is 4.29. The zero-order chi connectivity index (χ0) is 28.7. The fraction of sp³-hybridized carbons (Fsp3) is 0.920. The molecular formula is C25H56N2O7Si4. The molecule has 224 valence electrons. The topological polar surface area (TPSA) is 71.1 Å². The normalized spacial score (nSPS) is 13.0. The van der Waals surface area contributed by atoms with Gasteiger partial charge in [-0.25, -0.2) is 0 Å². The summed E-state index contributed by atoms with van der Waals surface area (Å²) in [6, 6.07) is 1.96. The first-order valence-electron chi connectivity index (χ1n) is 14.3. The molecule has 0 aliphatic carbocycles. The Labute approximate surface area is 241 Å². The molecule has 0 heterocycles. The van der Waals surface area contributed by atoms with E-state index >= 15 is 0 Å². The Morgan fingerprint density at radius 3 is 1.32 bits per heavy atom. The summed E-state index contributed by atoms with van der Waals surface area (Å²) in [6.07, 6.45) is 2.08. The minimum atomic E-state index is -2.82. The molecule has 0 N–H and O–H groups in total. The Balaban J connectivity index is 5.40. The lowest BCUT2D eigenvalue weighted by Crippen LogP contribution is -2.50. The third kappa shape index (κ3) is 17.1. The van der Waals surface area contributed by atoms with Crippen LogP contribution in [0.4, 0.5) is 0 Å². The minimum absolute atomic E-state index is 0.257. The SMILES string of the molecule is CCO[Si](CCCN(C)C([Si]C=C[Si](OCC)(OCC)OCC)N(C)CCC[Si](OCC)OCC)OCC. The van der Waals surface area contributed by atoms with Crippen molar-refractivity contribution < 1.29 is 31.0 Å². The van der Waals surface area contributed by atoms with Crippen LogP contribution in [-0.4, -0.2) is 126 Å². The number of hydrogen-bond donors (Lipinski definition) is 0. The van der Waals surface area contributed by atoms with E-state index in [0.717, 1.165) is 38.0 Å². The summed E-state index contributed by atoms with van der Waals surface area (Å²) in [6.45, 7) is 20.6. The van der Waals surface area contributed by atoms with Gasteiger partial charge < -0.3 is 31.0 Å². The maximum atomic E-state index is 6.02. The number of rotatable bonds is 27. The summed E-state index contributed by atoms with van der Waals surface area (Å²) in [5.74, 6) is 0.257. The predicted octanol–water partition coefficient (Wildman–Crippen LogP) is 3.84. The summed E-state index contributed by atoms with van der Waals surface area (Å²) < 4.78 is 41.4. The van der Waals surface area contributed by atoms with Gasteiger partial charge in [0.1, 0.15) is 9.52 Å². The highest BCUT2D eigenvalue weighted by molar-refractivity contribution is 6.67. The molecule has 0 spiro atoms. The first kappa shape index (κ1) is 38.2. The largest absolute Gasteiger partial charge is 0.528 e. The zero-order valence-corrected chi connectivity index (χ0v) is 29.7. The lowest BCUT2D eigenvalue weighted by Gasteiger charge is -2.35. The quantitative estimate of drug-likeness (QED) is 0.102. The summed E-state index contributed by atoms with van der Waals surface area (Å²) in [7, 11) is -0.245. The molecule has 0 aromatic heterocycles. The molecule has 0 atom stereocenters. The Bertz CT molecular complexity index is 513. The van der Waals surface area contributed by atoms with Crippen LogP contribution in [0.2, 0.25) is 12.1 Å². The molecule has 0 saturated carbocycles. The van der Waals surface area contributed by atoms with E-state index in [1.807, 2.05) is 48.5 Å². The standard InChI is InChI=1S/C25H56N2O7Si4/c1-10-28-36(29-11-2)22-17-19-26(8)25(27(9)20-18-23-37(30-12-3)31-13-4)35-21-24-38(32-14-5,33-15-6)34-16-7/h21,24-25H,10-20,22-23H2,1-9H3. The molecule has 0 fully saturated rings. The van der Waals surface area contributed by atoms with Crippen LogP contribution in [0.15, 0.2) is 11.4 Å². The first-order chi connectivity index (χ1) is 18.4. The van der Waals surface area contributed by atoms with E-state index in [0.29, 0.717) is 55.8 Å². The van der Waals surface area contributed by atoms with Crippen molar-refractivity contribution in [1.82, 2.24) is 9.80 Å². The van der Waals surface area contributed by atoms with Gasteiger partial charge in [-0.1, -0.05) is 5.70 Å². The van der Waals surface area contributed by atoms with Crippen molar-refractivity contribution in [3.8, 4) is 0 Å². The van der Waals surface area contributed by atoms with Crippen LogP contribution in [0.25, 0.3) is 0 Å². The maximum Gasteiger partial charge on any atom is 0.528 e. The van der Waals surface area contributed by atoms with Crippen LogP contribution in [0.1, 0.15) is 61.3 Å². The number of nitrogens with zero attached hydrogens (tertiary/aromatic N) is 2. The van der Waals surface area contributed by atoms with Gasteiger partial charge in [0.05, 0.1) is 5.79 Å². The van der Waals surface area contributed by atoms with Crippen LogP contribution in [-0.2, 0) is 31.0 Å². The highest BCUT2D eigenvalue weighted by atomic mass is 28.4. The predicted molar refractivity (Wildman–Crippen MR) is 161 cm³/mol. The second-order valence-electron chi connectivity index (χ2n) is 8.42. The third-order valence-corrected chi connectivity index (χ3v) is 13.9. The molecule has 0 unspecified atom stereocenters. The summed E-state index contributed by atoms with van der Waals surface area (Å²) in [5, 5.41) is 0. The molecule has 0 bridgehead atoms. The Hall–Kier alpha value is 0.248. The van der Waals surface area contributed by atoms with Gasteiger partial charge in [-0.15, -0.1) is 0 Å². The van der Waals surface area contributed by atoms with Crippen molar-refractivity contribution >= 4 is 36.9 Å². The molecule has 38 heavy (non-hydrogen) atoms. The molecule has 0 aromatic carbocycles. The van der Waals surface area contributed by atoms with Gasteiger partial charge in [0.25, 0.3) is 0 Å². The minimum Gasteiger partial charge on any atom is -0.394 e. The van der Waals surface area contributed by atoms with E-state index in [9.17, 15) is 0 Å². The molecule has 13 heteroatoms. The molecule has 0 aliphatic heterocycles. The van der Waals surface area contributed by atoms with E-state index in [1.165, 1.54) is 0 Å². The first-order valence-corrected chi connectivity index (χ1v) is 20.4. The second-order valence-corrected chi connectivity index (χ2v) is 15.7. The molecule has 0 rings (SSSR count). The van der Waals surface area contributed by atoms with E-state index in [4.69, 9.17) is 31.0 Å². The van der Waals surface area contributed by atoms with E-state index in [-0.39, 0.29) is 5.79 Å². The average Bonchev–Trinajstić information content (AvgIpc) is 2.87. The Morgan fingerprint density at radius 1 is 0.632 bits per heavy atom. The van der Waals surface area contributed by atoms with Crippen LogP contribution in [0.5, 0.6) is 0 Å². The van der Waals surface area contributed by atoms with Gasteiger partial charge in [-0.05, 0) is 106 Å². The molecule has 4 radical (unpaired) electrons. The van der Waals surface area contributed by atoms with Crippen molar-refractivity contribution in [2.75, 3.05) is 73.4 Å². The van der Waals surface area contributed by atoms with E-state index in [2.05, 4.69) is 35.3 Å². The van der Waals surface area contributed by atoms with Gasteiger partial charge in [0.15, 0.2) is 0 Å². The van der Waals surface area contributed by atoms with Crippen LogP contribution >= 0.6 is 0 Å². The van der Waals surface area contributed by atoms with Gasteiger partial charge in [0.2, 0.25) is 0 Å². The maximum absolute atomic E-state index is 6.02. The fourth-order valence-electron chi connectivity index (χ4n) is 3.91. The monoisotopic (exact) mass is 608 g/mol. The molecule has 0 aromatic rings. The van der Waals surface area contributed by atoms with Crippen molar-refractivity contribution in [3.63, 3.8) is 0 Å². The third-order valence-electron chi connectivity index (χ3n) is 5.41. The fourth-order valence-corrected chi connectivity index (χ4v) is 10.7. The second kappa shape index (κ2) is 25.0. The average molecular weight is 609 g/mol. The molecule has 9 nitrogen and oxygen atoms in total. The van der Waals surface area contributed by atoms with Crippen LogP contribution in [0, 0.1) is 0 Å². The van der Waals surface area contributed by atoms with Crippen molar-refractivity contribution in [2.24, 2.45) is 0 Å². The van der Waals surface area contributed by atoms with Crippen LogP contribution in [0.3, 0.4) is 0 Å². The Kier molecular flexibility index (Phi) is 25.2. The summed E-state index contributed by atoms with van der Waals surface area (Å²) in [4.78, 5) is 4.89. The van der Waals surface area contributed by atoms with Crippen molar-refractivity contribution in [3.05, 3.63) is 11.4 Å². The highest BCUT2D eigenvalue weighted by Crippen LogP contribution is 2.14. The van der Waals surface area contributed by atoms with Gasteiger partial charge in [0, 0.05) is 46.2 Å². The molecule has 0 amide bonds. The van der Waals surface area contributed by atoms with E-state index in [1.54, 1.807) is 0 Å². The Morgan fingerprint density at radius 2 is 1.00 bits per heavy atom. The van der Waals surface area contributed by atoms with Crippen LogP contribution < -0.4 is 0 Å². The lowest BCUT2D eigenvalue weighted by molar-refractivity contribution is 0.0843. The van der Waals surface area contributed by atoms with Gasteiger partial charge >= 0.3 is 27.4 Å². The summed E-state index contributed by atoms with van der Waals surface area (Å²) >= 11 is 0. The molecule has 0 aliphatic rings. The molecule has 0 saturated heterocycles. The lowest BCUT2D eigenvalue weighted by atomic mass is 10.4. The van der Waals surface area contributed by atoms with E-state index < -0.39 is 27.4 Å².